The van der Waals surface area contributed by atoms with Gasteiger partial charge in [0, 0.05) is 24.7 Å². The molecular weight excluding hydrogens is 336 g/mol. The number of hydrogen-bond acceptors (Lipinski definition) is 1. The maximum absolute atomic E-state index is 14.1. The predicted molar refractivity (Wildman–Crippen MR) is 84.9 cm³/mol. The van der Waals surface area contributed by atoms with Crippen molar-refractivity contribution >= 4 is 15.9 Å². The fourth-order valence-electron chi connectivity index (χ4n) is 2.16. The molecule has 2 aromatic carbocycles. The Hall–Kier alpha value is -1.26. The zero-order valence-electron chi connectivity index (χ0n) is 12.1. The fourth-order valence-corrected chi connectivity index (χ4v) is 2.53. The van der Waals surface area contributed by atoms with Crippen molar-refractivity contribution in [2.24, 2.45) is 0 Å². The molecule has 0 aliphatic carbocycles. The summed E-state index contributed by atoms with van der Waals surface area (Å²) >= 11 is 3.11. The van der Waals surface area contributed by atoms with Crippen LogP contribution in [0.15, 0.2) is 46.9 Å². The zero-order valence-corrected chi connectivity index (χ0v) is 13.7. The highest BCUT2D eigenvalue weighted by molar-refractivity contribution is 9.10. The molecule has 4 heteroatoms. The van der Waals surface area contributed by atoms with E-state index in [4.69, 9.17) is 0 Å². The number of hydrogen-bond donors (Lipinski definition) is 0. The van der Waals surface area contributed by atoms with Crippen molar-refractivity contribution in [2.45, 2.75) is 33.0 Å². The highest BCUT2D eigenvalue weighted by Crippen LogP contribution is 2.24. The molecule has 0 atom stereocenters. The molecule has 2 rings (SSSR count). The molecule has 1 nitrogen and oxygen atoms in total. The van der Waals surface area contributed by atoms with Gasteiger partial charge in [-0.2, -0.15) is 0 Å². The summed E-state index contributed by atoms with van der Waals surface area (Å²) < 4.78 is 28.3. The molecule has 0 saturated carbocycles. The van der Waals surface area contributed by atoms with E-state index >= 15 is 0 Å². The second kappa shape index (κ2) is 7.14. The van der Waals surface area contributed by atoms with Crippen molar-refractivity contribution in [1.82, 2.24) is 4.90 Å². The van der Waals surface area contributed by atoms with Gasteiger partial charge in [0.2, 0.25) is 0 Å². The van der Waals surface area contributed by atoms with E-state index in [1.54, 1.807) is 0 Å². The van der Waals surface area contributed by atoms with Gasteiger partial charge in [0.05, 0.1) is 4.47 Å². The normalized spacial score (nSPS) is 11.4. The van der Waals surface area contributed by atoms with Gasteiger partial charge in [-0.15, -0.1) is 0 Å². The standard InChI is InChI=1S/C17H18BrF2N/c1-12(2)21(10-13-6-4-3-5-7-13)11-14-16(19)9-8-15(18)17(14)20/h3-9,12H,10-11H2,1-2H3. The fraction of sp³-hybridized carbons (Fsp3) is 0.294. The van der Waals surface area contributed by atoms with Crippen molar-refractivity contribution in [3.8, 4) is 0 Å². The molecule has 0 N–H and O–H groups in total. The second-order valence-corrected chi connectivity index (χ2v) is 6.16. The summed E-state index contributed by atoms with van der Waals surface area (Å²) in [7, 11) is 0. The number of benzene rings is 2. The molecule has 0 unspecified atom stereocenters. The average Bonchev–Trinajstić information content (AvgIpc) is 2.47. The van der Waals surface area contributed by atoms with Crippen LogP contribution < -0.4 is 0 Å². The van der Waals surface area contributed by atoms with Crippen LogP contribution in [0.5, 0.6) is 0 Å². The average molecular weight is 354 g/mol. The predicted octanol–water partition coefficient (Wildman–Crippen LogP) is 5.14. The van der Waals surface area contributed by atoms with E-state index in [2.05, 4.69) is 15.9 Å². The minimum Gasteiger partial charge on any atom is -0.292 e. The van der Waals surface area contributed by atoms with Gasteiger partial charge in [-0.05, 0) is 47.5 Å². The summed E-state index contributed by atoms with van der Waals surface area (Å²) in [6.45, 7) is 4.95. The smallest absolute Gasteiger partial charge is 0.144 e. The van der Waals surface area contributed by atoms with Crippen molar-refractivity contribution in [3.63, 3.8) is 0 Å². The molecule has 0 saturated heterocycles. The van der Waals surface area contributed by atoms with Gasteiger partial charge in [0.1, 0.15) is 11.6 Å². The molecule has 0 heterocycles. The Morgan fingerprint density at radius 3 is 2.29 bits per heavy atom. The van der Waals surface area contributed by atoms with Crippen LogP contribution in [0.4, 0.5) is 8.78 Å². The molecule has 0 fully saturated rings. The lowest BCUT2D eigenvalue weighted by Crippen LogP contribution is -2.30. The van der Waals surface area contributed by atoms with E-state index in [9.17, 15) is 8.78 Å². The minimum absolute atomic E-state index is 0.106. The third-order valence-corrected chi connectivity index (χ3v) is 4.07. The van der Waals surface area contributed by atoms with Crippen LogP contribution in [0.2, 0.25) is 0 Å². The van der Waals surface area contributed by atoms with Gasteiger partial charge in [0.25, 0.3) is 0 Å². The summed E-state index contributed by atoms with van der Waals surface area (Å²) in [6, 6.07) is 12.8. The molecule has 2 aromatic rings. The largest absolute Gasteiger partial charge is 0.292 e. The Morgan fingerprint density at radius 2 is 1.67 bits per heavy atom. The highest BCUT2D eigenvalue weighted by atomic mass is 79.9. The summed E-state index contributed by atoms with van der Waals surface area (Å²) in [4.78, 5) is 2.04. The maximum atomic E-state index is 14.1. The van der Waals surface area contributed by atoms with Crippen molar-refractivity contribution < 1.29 is 8.78 Å². The summed E-state index contributed by atoms with van der Waals surface area (Å²) in [5.74, 6) is -1.02. The van der Waals surface area contributed by atoms with Gasteiger partial charge < -0.3 is 0 Å². The van der Waals surface area contributed by atoms with Crippen LogP contribution in [0.3, 0.4) is 0 Å². The first-order chi connectivity index (χ1) is 9.99. The van der Waals surface area contributed by atoms with Crippen molar-refractivity contribution in [2.75, 3.05) is 0 Å². The van der Waals surface area contributed by atoms with E-state index in [-0.39, 0.29) is 18.2 Å². The van der Waals surface area contributed by atoms with E-state index in [0.29, 0.717) is 11.0 Å². The maximum Gasteiger partial charge on any atom is 0.144 e. The van der Waals surface area contributed by atoms with Gasteiger partial charge in [-0.25, -0.2) is 8.78 Å². The monoisotopic (exact) mass is 353 g/mol. The summed E-state index contributed by atoms with van der Waals surface area (Å²) in [5.41, 5.74) is 1.23. The minimum atomic E-state index is -0.520. The van der Waals surface area contributed by atoms with Crippen molar-refractivity contribution in [3.05, 3.63) is 69.7 Å². The molecule has 0 radical (unpaired) electrons. The molecule has 0 bridgehead atoms. The third kappa shape index (κ3) is 4.11. The Kier molecular flexibility index (Phi) is 5.48. The molecule has 21 heavy (non-hydrogen) atoms. The van der Waals surface area contributed by atoms with Crippen LogP contribution in [-0.2, 0) is 13.1 Å². The molecule has 0 aliphatic heterocycles. The topological polar surface area (TPSA) is 3.24 Å². The van der Waals surface area contributed by atoms with E-state index < -0.39 is 11.6 Å². The van der Waals surface area contributed by atoms with Crippen LogP contribution >= 0.6 is 15.9 Å². The molecule has 0 amide bonds. The first-order valence-electron chi connectivity index (χ1n) is 6.89. The zero-order chi connectivity index (χ0) is 15.4. The Bertz CT molecular complexity index is 599. The Morgan fingerprint density at radius 1 is 1.00 bits per heavy atom. The van der Waals surface area contributed by atoms with Crippen LogP contribution in [-0.4, -0.2) is 10.9 Å². The summed E-state index contributed by atoms with van der Waals surface area (Å²) in [6.07, 6.45) is 0. The summed E-state index contributed by atoms with van der Waals surface area (Å²) in [5, 5.41) is 0. The Balaban J connectivity index is 2.23. The van der Waals surface area contributed by atoms with Crippen LogP contribution in [0.25, 0.3) is 0 Å². The lowest BCUT2D eigenvalue weighted by molar-refractivity contribution is 0.198. The first-order valence-corrected chi connectivity index (χ1v) is 7.68. The van der Waals surface area contributed by atoms with Gasteiger partial charge in [-0.1, -0.05) is 30.3 Å². The van der Waals surface area contributed by atoms with E-state index in [1.165, 1.54) is 12.1 Å². The SMILES string of the molecule is CC(C)N(Cc1ccccc1)Cc1c(F)ccc(Br)c1F. The van der Waals surface area contributed by atoms with E-state index in [1.807, 2.05) is 49.1 Å². The van der Waals surface area contributed by atoms with E-state index in [0.717, 1.165) is 5.56 Å². The molecule has 0 spiro atoms. The lowest BCUT2D eigenvalue weighted by Gasteiger charge is -2.27. The first kappa shape index (κ1) is 16.1. The van der Waals surface area contributed by atoms with Gasteiger partial charge in [-0.3, -0.25) is 4.90 Å². The molecular formula is C17H18BrF2N. The second-order valence-electron chi connectivity index (χ2n) is 5.31. The third-order valence-electron chi connectivity index (χ3n) is 3.46. The number of halogens is 3. The quantitative estimate of drug-likeness (QED) is 0.672. The highest BCUT2D eigenvalue weighted by Gasteiger charge is 2.18. The lowest BCUT2D eigenvalue weighted by atomic mass is 10.1. The number of rotatable bonds is 5. The van der Waals surface area contributed by atoms with Crippen LogP contribution in [0.1, 0.15) is 25.0 Å². The van der Waals surface area contributed by atoms with Crippen LogP contribution in [0, 0.1) is 11.6 Å². The molecule has 0 aromatic heterocycles. The van der Waals surface area contributed by atoms with Crippen molar-refractivity contribution in [1.29, 1.82) is 0 Å². The Labute approximate surface area is 132 Å². The number of nitrogens with zero attached hydrogens (tertiary/aromatic N) is 1. The van der Waals surface area contributed by atoms with Gasteiger partial charge >= 0.3 is 0 Å². The van der Waals surface area contributed by atoms with Gasteiger partial charge in [0.15, 0.2) is 0 Å². The molecule has 112 valence electrons. The molecule has 0 aliphatic rings.